The van der Waals surface area contributed by atoms with Crippen molar-refractivity contribution in [2.24, 2.45) is 5.92 Å². The molecular weight excluding hydrogens is 805 g/mol. The maximum absolute atomic E-state index is 12.8. The molecule has 0 spiro atoms. The maximum Gasteiger partial charge on any atom is 0.306 e. The Bertz CT molecular complexity index is 980. The van der Waals surface area contributed by atoms with E-state index in [9.17, 15) is 14.4 Å². The van der Waals surface area contributed by atoms with Crippen LogP contribution >= 0.6 is 0 Å². The van der Waals surface area contributed by atoms with E-state index in [-0.39, 0.29) is 31.1 Å². The van der Waals surface area contributed by atoms with E-state index in [1.54, 1.807) is 0 Å². The second-order valence-electron chi connectivity index (χ2n) is 20.8. The van der Waals surface area contributed by atoms with Crippen LogP contribution in [-0.2, 0) is 28.6 Å². The summed E-state index contributed by atoms with van der Waals surface area (Å²) >= 11 is 0. The number of esters is 3. The molecule has 0 aromatic carbocycles. The third-order valence-electron chi connectivity index (χ3n) is 13.5. The molecule has 0 N–H and O–H groups in total. The van der Waals surface area contributed by atoms with E-state index in [0.29, 0.717) is 19.3 Å². The Morgan fingerprint density at radius 2 is 0.508 bits per heavy atom. The zero-order valence-corrected chi connectivity index (χ0v) is 44.5. The van der Waals surface area contributed by atoms with Gasteiger partial charge in [-0.25, -0.2) is 0 Å². The van der Waals surface area contributed by atoms with Gasteiger partial charge in [0.05, 0.1) is 0 Å². The third-order valence-corrected chi connectivity index (χ3v) is 13.5. The van der Waals surface area contributed by atoms with Crippen LogP contribution in [0.25, 0.3) is 0 Å². The Balaban J connectivity index is 4.27. The maximum atomic E-state index is 12.8. The molecule has 0 heterocycles. The van der Waals surface area contributed by atoms with Crippen LogP contribution in [0.5, 0.6) is 0 Å². The SMILES string of the molecule is CCCCCCCCCCCCCCCCCCCCC(=O)OC[C@@H](COC(=O)CCCCCCCCCCCCCCCCCC)OC(=O)CCCCCCCCCCCCC(C)C. The number of ether oxygens (including phenoxy) is 3. The molecular formula is C59H114O6. The fourth-order valence-electron chi connectivity index (χ4n) is 9.10. The Labute approximate surface area is 406 Å². The lowest BCUT2D eigenvalue weighted by Crippen LogP contribution is -2.30. The van der Waals surface area contributed by atoms with Crippen molar-refractivity contribution in [1.29, 1.82) is 0 Å². The molecule has 0 unspecified atom stereocenters. The van der Waals surface area contributed by atoms with Crippen LogP contribution in [0.1, 0.15) is 336 Å². The molecule has 386 valence electrons. The number of hydrogen-bond acceptors (Lipinski definition) is 6. The Hall–Kier alpha value is -1.59. The van der Waals surface area contributed by atoms with E-state index in [0.717, 1.165) is 63.7 Å². The van der Waals surface area contributed by atoms with E-state index >= 15 is 0 Å². The first kappa shape index (κ1) is 63.4. The highest BCUT2D eigenvalue weighted by atomic mass is 16.6. The first-order chi connectivity index (χ1) is 31.9. The van der Waals surface area contributed by atoms with Crippen LogP contribution < -0.4 is 0 Å². The van der Waals surface area contributed by atoms with Crippen molar-refractivity contribution in [1.82, 2.24) is 0 Å². The van der Waals surface area contributed by atoms with E-state index in [1.165, 1.54) is 231 Å². The van der Waals surface area contributed by atoms with Crippen LogP contribution in [0.3, 0.4) is 0 Å². The lowest BCUT2D eigenvalue weighted by molar-refractivity contribution is -0.167. The molecule has 0 aliphatic rings. The summed E-state index contributed by atoms with van der Waals surface area (Å²) < 4.78 is 16.9. The average molecular weight is 920 g/mol. The quantitative estimate of drug-likeness (QED) is 0.0344. The van der Waals surface area contributed by atoms with Gasteiger partial charge in [0.25, 0.3) is 0 Å². The molecule has 0 saturated heterocycles. The average Bonchev–Trinajstić information content (AvgIpc) is 3.29. The molecule has 0 radical (unpaired) electrons. The van der Waals surface area contributed by atoms with Crippen LogP contribution in [-0.4, -0.2) is 37.2 Å². The van der Waals surface area contributed by atoms with Crippen molar-refractivity contribution in [2.45, 2.75) is 342 Å². The van der Waals surface area contributed by atoms with Crippen molar-refractivity contribution in [2.75, 3.05) is 13.2 Å². The fourth-order valence-corrected chi connectivity index (χ4v) is 9.10. The molecule has 1 atom stereocenters. The molecule has 0 aromatic rings. The summed E-state index contributed by atoms with van der Waals surface area (Å²) in [7, 11) is 0. The van der Waals surface area contributed by atoms with Crippen molar-refractivity contribution in [3.63, 3.8) is 0 Å². The second kappa shape index (κ2) is 53.4. The molecule has 6 heteroatoms. The van der Waals surface area contributed by atoms with Gasteiger partial charge in [0.1, 0.15) is 13.2 Å². The normalized spacial score (nSPS) is 12.0. The van der Waals surface area contributed by atoms with E-state index in [4.69, 9.17) is 14.2 Å². The van der Waals surface area contributed by atoms with Crippen molar-refractivity contribution >= 4 is 17.9 Å². The summed E-state index contributed by atoms with van der Waals surface area (Å²) in [6.07, 6.45) is 58.1. The largest absolute Gasteiger partial charge is 0.462 e. The molecule has 0 saturated carbocycles. The summed E-state index contributed by atoms with van der Waals surface area (Å²) in [6.45, 7) is 9.05. The van der Waals surface area contributed by atoms with Gasteiger partial charge in [-0.1, -0.05) is 297 Å². The summed E-state index contributed by atoms with van der Waals surface area (Å²) in [6, 6.07) is 0. The molecule has 0 aliphatic heterocycles. The van der Waals surface area contributed by atoms with Gasteiger partial charge in [0.2, 0.25) is 0 Å². The van der Waals surface area contributed by atoms with Gasteiger partial charge in [-0.3, -0.25) is 14.4 Å². The molecule has 0 rings (SSSR count). The first-order valence-corrected chi connectivity index (χ1v) is 29.4. The van der Waals surface area contributed by atoms with Gasteiger partial charge in [-0.05, 0) is 25.2 Å². The molecule has 65 heavy (non-hydrogen) atoms. The summed E-state index contributed by atoms with van der Waals surface area (Å²) in [5, 5.41) is 0. The lowest BCUT2D eigenvalue weighted by atomic mass is 10.0. The minimum atomic E-state index is -0.762. The number of hydrogen-bond donors (Lipinski definition) is 0. The smallest absolute Gasteiger partial charge is 0.306 e. The van der Waals surface area contributed by atoms with E-state index < -0.39 is 6.10 Å². The highest BCUT2D eigenvalue weighted by molar-refractivity contribution is 5.71. The molecule has 0 amide bonds. The Kier molecular flexibility index (Phi) is 52.1. The van der Waals surface area contributed by atoms with Crippen molar-refractivity contribution in [3.8, 4) is 0 Å². The second-order valence-corrected chi connectivity index (χ2v) is 20.8. The highest BCUT2D eigenvalue weighted by Gasteiger charge is 2.19. The first-order valence-electron chi connectivity index (χ1n) is 29.4. The van der Waals surface area contributed by atoms with Crippen LogP contribution in [0, 0.1) is 5.92 Å². The molecule has 0 aliphatic carbocycles. The van der Waals surface area contributed by atoms with Gasteiger partial charge < -0.3 is 14.2 Å². The number of carbonyl (C=O) groups is 3. The minimum Gasteiger partial charge on any atom is -0.462 e. The van der Waals surface area contributed by atoms with Gasteiger partial charge in [-0.2, -0.15) is 0 Å². The Morgan fingerprint density at radius 1 is 0.292 bits per heavy atom. The standard InChI is InChI=1S/C59H114O6/c1-5-7-9-11-13-15-17-19-21-23-24-26-28-30-35-39-43-47-51-58(61)64-54-56(65-59(62)52-48-44-40-36-32-31-33-37-41-45-49-55(3)4)53-63-57(60)50-46-42-38-34-29-27-25-22-20-18-16-14-12-10-8-6-2/h55-56H,5-54H2,1-4H3/t56-/m1/s1. The molecule has 0 aromatic heterocycles. The van der Waals surface area contributed by atoms with Gasteiger partial charge >= 0.3 is 17.9 Å². The number of rotatable bonds is 54. The van der Waals surface area contributed by atoms with Gasteiger partial charge in [-0.15, -0.1) is 0 Å². The lowest BCUT2D eigenvalue weighted by Gasteiger charge is -2.18. The topological polar surface area (TPSA) is 78.9 Å². The van der Waals surface area contributed by atoms with Crippen LogP contribution in [0.4, 0.5) is 0 Å². The summed E-state index contributed by atoms with van der Waals surface area (Å²) in [5.74, 6) is -0.0193. The highest BCUT2D eigenvalue weighted by Crippen LogP contribution is 2.18. The van der Waals surface area contributed by atoms with Gasteiger partial charge in [0.15, 0.2) is 6.10 Å². The van der Waals surface area contributed by atoms with E-state index in [2.05, 4.69) is 27.7 Å². The van der Waals surface area contributed by atoms with Crippen molar-refractivity contribution in [3.05, 3.63) is 0 Å². The molecule has 6 nitrogen and oxygen atoms in total. The fraction of sp³-hybridized carbons (Fsp3) is 0.949. The zero-order valence-electron chi connectivity index (χ0n) is 44.5. The zero-order chi connectivity index (χ0) is 47.4. The third kappa shape index (κ3) is 53.2. The monoisotopic (exact) mass is 919 g/mol. The predicted molar refractivity (Wildman–Crippen MR) is 280 cm³/mol. The van der Waals surface area contributed by atoms with Crippen LogP contribution in [0.15, 0.2) is 0 Å². The predicted octanol–water partition coefficient (Wildman–Crippen LogP) is 19.4. The minimum absolute atomic E-state index is 0.0621. The molecule has 0 fully saturated rings. The van der Waals surface area contributed by atoms with Crippen LogP contribution in [0.2, 0.25) is 0 Å². The number of carbonyl (C=O) groups excluding carboxylic acids is 3. The number of unbranched alkanes of at least 4 members (excludes halogenated alkanes) is 41. The van der Waals surface area contributed by atoms with E-state index in [1.807, 2.05) is 0 Å². The summed E-state index contributed by atoms with van der Waals surface area (Å²) in [5.41, 5.74) is 0. The summed E-state index contributed by atoms with van der Waals surface area (Å²) in [4.78, 5) is 38.1. The van der Waals surface area contributed by atoms with Crippen molar-refractivity contribution < 1.29 is 28.6 Å². The molecule has 0 bridgehead atoms. The Morgan fingerprint density at radius 3 is 0.754 bits per heavy atom. The van der Waals surface area contributed by atoms with Gasteiger partial charge in [0, 0.05) is 19.3 Å².